The van der Waals surface area contributed by atoms with Crippen LogP contribution in [0.5, 0.6) is 0 Å². The van der Waals surface area contributed by atoms with Crippen molar-refractivity contribution in [1.29, 1.82) is 0 Å². The van der Waals surface area contributed by atoms with Gasteiger partial charge in [0.1, 0.15) is 0 Å². The lowest BCUT2D eigenvalue weighted by Crippen LogP contribution is -2.48. The van der Waals surface area contributed by atoms with Crippen molar-refractivity contribution in [1.82, 2.24) is 5.32 Å². The monoisotopic (exact) mass is 331 g/mol. The van der Waals surface area contributed by atoms with E-state index in [1.165, 1.54) is 12.1 Å². The van der Waals surface area contributed by atoms with Crippen molar-refractivity contribution in [2.24, 2.45) is 0 Å². The molecule has 0 radical (unpaired) electrons. The lowest BCUT2D eigenvalue weighted by atomic mass is 10.00. The quantitative estimate of drug-likeness (QED) is 0.842. The number of amides is 1. The fourth-order valence-electron chi connectivity index (χ4n) is 2.54. The first kappa shape index (κ1) is 14.4. The van der Waals surface area contributed by atoms with Gasteiger partial charge in [-0.25, -0.2) is 8.78 Å². The second kappa shape index (κ2) is 5.99. The van der Waals surface area contributed by atoms with E-state index < -0.39 is 11.6 Å². The van der Waals surface area contributed by atoms with Crippen LogP contribution < -0.4 is 5.32 Å². The summed E-state index contributed by atoms with van der Waals surface area (Å²) < 4.78 is 26.6. The number of hydrogen-bond acceptors (Lipinski definition) is 1. The molecule has 1 fully saturated rings. The Bertz CT molecular complexity index is 473. The number of nitrogens with one attached hydrogen (secondary N) is 1. The van der Waals surface area contributed by atoms with Gasteiger partial charge in [-0.3, -0.25) is 4.79 Å². The number of benzene rings is 1. The molecule has 1 N–H and O–H groups in total. The van der Waals surface area contributed by atoms with E-state index in [1.807, 2.05) is 0 Å². The van der Waals surface area contributed by atoms with Gasteiger partial charge in [0.25, 0.3) is 0 Å². The van der Waals surface area contributed by atoms with E-state index in [1.54, 1.807) is 0 Å². The number of hydrogen-bond donors (Lipinski definition) is 1. The maximum absolute atomic E-state index is 13.5. The molecule has 0 heterocycles. The van der Waals surface area contributed by atoms with Crippen LogP contribution in [-0.4, -0.2) is 16.8 Å². The number of halogens is 3. The first-order valence-electron chi connectivity index (χ1n) is 6.36. The van der Waals surface area contributed by atoms with Gasteiger partial charge in [-0.05, 0) is 18.9 Å². The van der Waals surface area contributed by atoms with E-state index in [0.717, 1.165) is 31.7 Å². The fourth-order valence-corrected chi connectivity index (χ4v) is 3.24. The summed E-state index contributed by atoms with van der Waals surface area (Å²) in [6.07, 6.45) is 3.89. The molecule has 1 saturated carbocycles. The highest BCUT2D eigenvalue weighted by Crippen LogP contribution is 2.31. The number of alkyl halides is 1. The predicted molar refractivity (Wildman–Crippen MR) is 73.2 cm³/mol. The van der Waals surface area contributed by atoms with E-state index >= 15 is 0 Å². The lowest BCUT2D eigenvalue weighted by Gasteiger charge is -2.28. The summed E-state index contributed by atoms with van der Waals surface area (Å²) in [6.45, 7) is 0. The molecule has 1 aromatic carbocycles. The van der Waals surface area contributed by atoms with Gasteiger partial charge in [0.05, 0.1) is 6.42 Å². The molecule has 19 heavy (non-hydrogen) atoms. The van der Waals surface area contributed by atoms with Crippen LogP contribution in [0.2, 0.25) is 0 Å². The summed E-state index contributed by atoms with van der Waals surface area (Å²) in [5, 5.41) is 3.65. The Morgan fingerprint density at radius 3 is 2.63 bits per heavy atom. The minimum absolute atomic E-state index is 0.0974. The molecule has 2 rings (SSSR count). The lowest BCUT2D eigenvalue weighted by molar-refractivity contribution is -0.122. The van der Waals surface area contributed by atoms with Crippen LogP contribution in [0, 0.1) is 11.6 Å². The van der Waals surface area contributed by atoms with E-state index in [9.17, 15) is 13.6 Å². The maximum Gasteiger partial charge on any atom is 0.224 e. The normalized spacial score (nSPS) is 17.4. The summed E-state index contributed by atoms with van der Waals surface area (Å²) in [7, 11) is 0. The highest BCUT2D eigenvalue weighted by atomic mass is 79.9. The van der Waals surface area contributed by atoms with Crippen molar-refractivity contribution in [3.63, 3.8) is 0 Å². The fraction of sp³-hybridized carbons (Fsp3) is 0.500. The van der Waals surface area contributed by atoms with Gasteiger partial charge in [-0.2, -0.15) is 0 Å². The highest BCUT2D eigenvalue weighted by Gasteiger charge is 2.34. The molecule has 2 nitrogen and oxygen atoms in total. The molecule has 0 bridgehead atoms. The van der Waals surface area contributed by atoms with Crippen LogP contribution in [0.4, 0.5) is 8.78 Å². The topological polar surface area (TPSA) is 29.1 Å². The second-order valence-electron chi connectivity index (χ2n) is 5.06. The number of carbonyl (C=O) groups excluding carboxylic acids is 1. The molecule has 0 spiro atoms. The summed E-state index contributed by atoms with van der Waals surface area (Å²) in [4.78, 5) is 12.0. The van der Waals surface area contributed by atoms with Crippen molar-refractivity contribution in [2.75, 3.05) is 5.33 Å². The van der Waals surface area contributed by atoms with Crippen molar-refractivity contribution in [3.05, 3.63) is 35.4 Å². The first-order chi connectivity index (χ1) is 9.06. The Morgan fingerprint density at radius 2 is 2.00 bits per heavy atom. The average Bonchev–Trinajstić information content (AvgIpc) is 2.84. The smallest absolute Gasteiger partial charge is 0.224 e. The van der Waals surface area contributed by atoms with Gasteiger partial charge >= 0.3 is 0 Å². The maximum atomic E-state index is 13.5. The molecule has 1 aromatic rings. The molecule has 104 valence electrons. The molecule has 0 saturated heterocycles. The van der Waals surface area contributed by atoms with Crippen molar-refractivity contribution < 1.29 is 13.6 Å². The zero-order chi connectivity index (χ0) is 13.9. The Labute approximate surface area is 119 Å². The second-order valence-corrected chi connectivity index (χ2v) is 5.62. The van der Waals surface area contributed by atoms with E-state index in [0.29, 0.717) is 5.33 Å². The summed E-state index contributed by atoms with van der Waals surface area (Å²) in [5.41, 5.74) is -0.124. The number of rotatable bonds is 4. The Balaban J connectivity index is 2.03. The van der Waals surface area contributed by atoms with Gasteiger partial charge in [-0.15, -0.1) is 0 Å². The third-order valence-corrected chi connectivity index (χ3v) is 4.68. The molecule has 0 aromatic heterocycles. The molecule has 0 atom stereocenters. The summed E-state index contributed by atoms with van der Waals surface area (Å²) in [5.74, 6) is -2.11. The third kappa shape index (κ3) is 3.32. The van der Waals surface area contributed by atoms with Crippen LogP contribution in [0.3, 0.4) is 0 Å². The summed E-state index contributed by atoms with van der Waals surface area (Å²) in [6, 6.07) is 3.90. The van der Waals surface area contributed by atoms with Crippen molar-refractivity contribution >= 4 is 21.8 Å². The number of carbonyl (C=O) groups is 1. The largest absolute Gasteiger partial charge is 0.350 e. The molecule has 1 aliphatic carbocycles. The Hall–Kier alpha value is -0.970. The van der Waals surface area contributed by atoms with Gasteiger partial charge in [0, 0.05) is 16.4 Å². The molecular formula is C14H16BrF2NO. The van der Waals surface area contributed by atoms with Crippen LogP contribution in [-0.2, 0) is 11.2 Å². The van der Waals surface area contributed by atoms with E-state index in [4.69, 9.17) is 0 Å². The van der Waals surface area contributed by atoms with Crippen LogP contribution in [0.25, 0.3) is 0 Å². The Morgan fingerprint density at radius 1 is 1.32 bits per heavy atom. The molecule has 1 amide bonds. The van der Waals surface area contributed by atoms with Crippen LogP contribution in [0.1, 0.15) is 31.2 Å². The molecule has 1 aliphatic rings. The summed E-state index contributed by atoms with van der Waals surface area (Å²) >= 11 is 3.42. The zero-order valence-corrected chi connectivity index (χ0v) is 12.1. The van der Waals surface area contributed by atoms with Gasteiger partial charge in [0.15, 0.2) is 11.6 Å². The molecule has 5 heteroatoms. The van der Waals surface area contributed by atoms with Gasteiger partial charge < -0.3 is 5.32 Å². The van der Waals surface area contributed by atoms with Crippen molar-refractivity contribution in [3.8, 4) is 0 Å². The van der Waals surface area contributed by atoms with Crippen molar-refractivity contribution in [2.45, 2.75) is 37.6 Å². The standard InChI is InChI=1S/C14H16BrF2NO/c15-9-14(6-1-2-7-14)18-12(19)8-10-4-3-5-11(16)13(10)17/h3-5H,1-2,6-9H2,(H,18,19). The average molecular weight is 332 g/mol. The molecule has 0 aliphatic heterocycles. The third-order valence-electron chi connectivity index (χ3n) is 3.60. The van der Waals surface area contributed by atoms with E-state index in [-0.39, 0.29) is 23.4 Å². The molecule has 0 unspecified atom stereocenters. The van der Waals surface area contributed by atoms with Crippen LogP contribution >= 0.6 is 15.9 Å². The predicted octanol–water partition coefficient (Wildman–Crippen LogP) is 3.33. The zero-order valence-electron chi connectivity index (χ0n) is 10.5. The highest BCUT2D eigenvalue weighted by molar-refractivity contribution is 9.09. The SMILES string of the molecule is O=C(Cc1cccc(F)c1F)NC1(CBr)CCCC1. The first-order valence-corrected chi connectivity index (χ1v) is 7.48. The molecular weight excluding hydrogens is 316 g/mol. The minimum Gasteiger partial charge on any atom is -0.350 e. The van der Waals surface area contributed by atoms with Gasteiger partial charge in [-0.1, -0.05) is 40.9 Å². The van der Waals surface area contributed by atoms with E-state index in [2.05, 4.69) is 21.2 Å². The Kier molecular flexibility index (Phi) is 4.55. The minimum atomic E-state index is -0.933. The van der Waals surface area contributed by atoms with Crippen LogP contribution in [0.15, 0.2) is 18.2 Å². The van der Waals surface area contributed by atoms with Gasteiger partial charge in [0.2, 0.25) is 5.91 Å².